The number of aliphatic hydroxyl groups excluding tert-OH is 1. The normalized spacial score (nSPS) is 25.6. The molecule has 7 nitrogen and oxygen atoms in total. The molecule has 21 heavy (non-hydrogen) atoms. The largest absolute Gasteiger partial charge is 0.394 e. The number of hydrogen-bond donors (Lipinski definition) is 2. The molecule has 2 fully saturated rings. The molecule has 4 rings (SSSR count). The lowest BCUT2D eigenvalue weighted by atomic mass is 10.2. The first kappa shape index (κ1) is 13.0. The van der Waals surface area contributed by atoms with Crippen molar-refractivity contribution in [3.63, 3.8) is 0 Å². The number of ether oxygens (including phenoxy) is 1. The predicted molar refractivity (Wildman–Crippen MR) is 76.8 cm³/mol. The zero-order valence-electron chi connectivity index (χ0n) is 11.8. The first-order valence-corrected chi connectivity index (χ1v) is 7.53. The fourth-order valence-corrected chi connectivity index (χ4v) is 2.78. The van der Waals surface area contributed by atoms with Crippen LogP contribution in [0.3, 0.4) is 0 Å². The van der Waals surface area contributed by atoms with Gasteiger partial charge in [-0.3, -0.25) is 4.57 Å². The van der Waals surface area contributed by atoms with Crippen LogP contribution in [-0.4, -0.2) is 43.9 Å². The lowest BCUT2D eigenvalue weighted by Crippen LogP contribution is -2.14. The van der Waals surface area contributed by atoms with Crippen LogP contribution in [0.15, 0.2) is 12.7 Å². The average Bonchev–Trinajstić information content (AvgIpc) is 3.05. The summed E-state index contributed by atoms with van der Waals surface area (Å²) < 4.78 is 7.74. The van der Waals surface area contributed by atoms with Crippen LogP contribution in [0.25, 0.3) is 11.2 Å². The molecule has 3 heterocycles. The Morgan fingerprint density at radius 1 is 1.24 bits per heavy atom. The van der Waals surface area contributed by atoms with Gasteiger partial charge in [-0.1, -0.05) is 0 Å². The van der Waals surface area contributed by atoms with E-state index < -0.39 is 0 Å². The van der Waals surface area contributed by atoms with Crippen molar-refractivity contribution >= 4 is 17.0 Å². The molecule has 2 aromatic rings. The fraction of sp³-hybridized carbons (Fsp3) is 0.643. The van der Waals surface area contributed by atoms with Crippen LogP contribution >= 0.6 is 0 Å². The van der Waals surface area contributed by atoms with Crippen LogP contribution in [0, 0.1) is 5.92 Å². The number of imidazole rings is 1. The lowest BCUT2D eigenvalue weighted by molar-refractivity contribution is -0.0207. The summed E-state index contributed by atoms with van der Waals surface area (Å²) in [6, 6.07) is 0. The number of anilines is 1. The Kier molecular flexibility index (Phi) is 3.23. The Hall–Kier alpha value is -1.73. The summed E-state index contributed by atoms with van der Waals surface area (Å²) in [5.41, 5.74) is 1.57. The third-order valence-corrected chi connectivity index (χ3v) is 4.21. The highest BCUT2D eigenvalue weighted by atomic mass is 16.5. The summed E-state index contributed by atoms with van der Waals surface area (Å²) in [7, 11) is 0. The first-order chi connectivity index (χ1) is 10.3. The van der Waals surface area contributed by atoms with Crippen molar-refractivity contribution in [2.24, 2.45) is 5.92 Å². The Bertz CT molecular complexity index is 639. The monoisotopic (exact) mass is 289 g/mol. The van der Waals surface area contributed by atoms with Gasteiger partial charge in [-0.2, -0.15) is 0 Å². The second-order valence-corrected chi connectivity index (χ2v) is 5.84. The first-order valence-electron chi connectivity index (χ1n) is 7.53. The van der Waals surface area contributed by atoms with Gasteiger partial charge in [0, 0.05) is 6.54 Å². The second-order valence-electron chi connectivity index (χ2n) is 5.84. The summed E-state index contributed by atoms with van der Waals surface area (Å²) in [4.78, 5) is 13.1. The third kappa shape index (κ3) is 2.47. The molecule has 0 spiro atoms. The van der Waals surface area contributed by atoms with Crippen molar-refractivity contribution in [3.05, 3.63) is 12.7 Å². The molecule has 0 radical (unpaired) electrons. The molecule has 1 saturated carbocycles. The molecule has 0 aromatic carbocycles. The van der Waals surface area contributed by atoms with E-state index in [9.17, 15) is 5.11 Å². The molecule has 1 aliphatic heterocycles. The SMILES string of the molecule is OCC1CCC(n2cnc3c(NCC4CC4)ncnc32)O1. The van der Waals surface area contributed by atoms with Crippen LogP contribution in [0.1, 0.15) is 31.9 Å². The van der Waals surface area contributed by atoms with Crippen molar-refractivity contribution in [2.75, 3.05) is 18.5 Å². The Labute approximate surface area is 122 Å². The summed E-state index contributed by atoms with van der Waals surface area (Å²) in [5, 5.41) is 12.5. The minimum atomic E-state index is -0.0988. The highest BCUT2D eigenvalue weighted by Crippen LogP contribution is 2.32. The van der Waals surface area contributed by atoms with Crippen LogP contribution in [0.5, 0.6) is 0 Å². The summed E-state index contributed by atoms with van der Waals surface area (Å²) in [6.45, 7) is 1.01. The van der Waals surface area contributed by atoms with Crippen molar-refractivity contribution in [2.45, 2.75) is 38.0 Å². The van der Waals surface area contributed by atoms with Crippen molar-refractivity contribution in [1.82, 2.24) is 19.5 Å². The zero-order chi connectivity index (χ0) is 14.2. The molecular formula is C14H19N5O2. The van der Waals surface area contributed by atoms with Gasteiger partial charge in [0.2, 0.25) is 0 Å². The number of hydrogen-bond acceptors (Lipinski definition) is 6. The van der Waals surface area contributed by atoms with E-state index >= 15 is 0 Å². The predicted octanol–water partition coefficient (Wildman–Crippen LogP) is 1.32. The molecule has 2 aromatic heterocycles. The van der Waals surface area contributed by atoms with E-state index in [1.807, 2.05) is 4.57 Å². The van der Waals surface area contributed by atoms with Crippen molar-refractivity contribution in [3.8, 4) is 0 Å². The van der Waals surface area contributed by atoms with Crippen LogP contribution in [0.2, 0.25) is 0 Å². The molecule has 2 aliphatic rings. The number of aliphatic hydroxyl groups is 1. The van der Waals surface area contributed by atoms with Gasteiger partial charge in [0.25, 0.3) is 0 Å². The van der Waals surface area contributed by atoms with Gasteiger partial charge in [0.1, 0.15) is 12.6 Å². The lowest BCUT2D eigenvalue weighted by Gasteiger charge is -2.14. The van der Waals surface area contributed by atoms with E-state index in [2.05, 4.69) is 20.3 Å². The number of nitrogens with one attached hydrogen (secondary N) is 1. The van der Waals surface area contributed by atoms with Crippen molar-refractivity contribution in [1.29, 1.82) is 0 Å². The molecular weight excluding hydrogens is 270 g/mol. The second kappa shape index (κ2) is 5.23. The third-order valence-electron chi connectivity index (χ3n) is 4.21. The number of rotatable bonds is 5. The van der Waals surface area contributed by atoms with Gasteiger partial charge < -0.3 is 15.2 Å². The Balaban J connectivity index is 1.60. The number of fused-ring (bicyclic) bond motifs is 1. The fourth-order valence-electron chi connectivity index (χ4n) is 2.78. The van der Waals surface area contributed by atoms with Gasteiger partial charge >= 0.3 is 0 Å². The minimum Gasteiger partial charge on any atom is -0.394 e. The quantitative estimate of drug-likeness (QED) is 0.863. The van der Waals surface area contributed by atoms with Crippen molar-refractivity contribution < 1.29 is 9.84 Å². The molecule has 2 atom stereocenters. The van der Waals surface area contributed by atoms with E-state index in [0.29, 0.717) is 0 Å². The smallest absolute Gasteiger partial charge is 0.167 e. The molecule has 7 heteroatoms. The highest BCUT2D eigenvalue weighted by Gasteiger charge is 2.28. The maximum atomic E-state index is 9.18. The van der Waals surface area contributed by atoms with Gasteiger partial charge in [0.15, 0.2) is 17.0 Å². The van der Waals surface area contributed by atoms with Gasteiger partial charge in [-0.25, -0.2) is 15.0 Å². The molecule has 0 amide bonds. The van der Waals surface area contributed by atoms with Gasteiger partial charge in [0.05, 0.1) is 19.0 Å². The summed E-state index contributed by atoms with van der Waals surface area (Å²) in [5.74, 6) is 1.57. The van der Waals surface area contributed by atoms with E-state index in [1.165, 1.54) is 12.8 Å². The topological polar surface area (TPSA) is 85.1 Å². The van der Waals surface area contributed by atoms with Crippen LogP contribution in [0.4, 0.5) is 5.82 Å². The zero-order valence-corrected chi connectivity index (χ0v) is 11.8. The molecule has 1 aliphatic carbocycles. The Morgan fingerprint density at radius 3 is 2.90 bits per heavy atom. The molecule has 2 N–H and O–H groups in total. The number of nitrogens with zero attached hydrogens (tertiary/aromatic N) is 4. The van der Waals surface area contributed by atoms with Gasteiger partial charge in [-0.15, -0.1) is 0 Å². The molecule has 112 valence electrons. The van der Waals surface area contributed by atoms with E-state index in [4.69, 9.17) is 4.74 Å². The average molecular weight is 289 g/mol. The Morgan fingerprint density at radius 2 is 2.14 bits per heavy atom. The molecule has 2 unspecified atom stereocenters. The van der Waals surface area contributed by atoms with Crippen LogP contribution < -0.4 is 5.32 Å². The number of aromatic nitrogens is 4. The maximum absolute atomic E-state index is 9.18. The molecule has 1 saturated heterocycles. The van der Waals surface area contributed by atoms with Gasteiger partial charge in [-0.05, 0) is 31.6 Å². The molecule has 0 bridgehead atoms. The van der Waals surface area contributed by atoms with Crippen LogP contribution in [-0.2, 0) is 4.74 Å². The van der Waals surface area contributed by atoms with E-state index in [1.54, 1.807) is 12.7 Å². The minimum absolute atomic E-state index is 0.0618. The summed E-state index contributed by atoms with van der Waals surface area (Å²) in [6.07, 6.45) is 7.47. The van der Waals surface area contributed by atoms with E-state index in [0.717, 1.165) is 42.3 Å². The maximum Gasteiger partial charge on any atom is 0.167 e. The van der Waals surface area contributed by atoms with E-state index in [-0.39, 0.29) is 18.9 Å². The summed E-state index contributed by atoms with van der Waals surface area (Å²) >= 11 is 0. The standard InChI is InChI=1S/C14H19N5O2/c20-6-10-3-4-11(21-10)19-8-18-12-13(15-5-9-1-2-9)16-7-17-14(12)19/h7-11,20H,1-6H2,(H,15,16,17). The highest BCUT2D eigenvalue weighted by molar-refractivity contribution is 5.82.